The number of hydrogen-bond acceptors (Lipinski definition) is 3. The first-order chi connectivity index (χ1) is 8.25. The van der Waals surface area contributed by atoms with E-state index in [9.17, 15) is 4.79 Å². The molecule has 3 rings (SSSR count). The number of benzene rings is 1. The molecule has 0 aliphatic rings. The van der Waals surface area contributed by atoms with Crippen molar-refractivity contribution in [2.45, 2.75) is 6.92 Å². The van der Waals surface area contributed by atoms with Crippen molar-refractivity contribution in [1.82, 2.24) is 0 Å². The van der Waals surface area contributed by atoms with Crippen LogP contribution in [0.5, 0.6) is 0 Å². The van der Waals surface area contributed by atoms with Gasteiger partial charge < -0.3 is 0 Å². The maximum absolute atomic E-state index is 11.3. The van der Waals surface area contributed by atoms with Crippen LogP contribution in [0.25, 0.3) is 20.5 Å². The van der Waals surface area contributed by atoms with Crippen molar-refractivity contribution < 1.29 is 4.79 Å². The molecule has 0 N–H and O–H groups in total. The van der Waals surface area contributed by atoms with E-state index in [4.69, 9.17) is 0 Å². The number of thiophene rings is 2. The van der Waals surface area contributed by atoms with Crippen molar-refractivity contribution in [1.29, 1.82) is 0 Å². The number of Topliss-reactive ketones (excluding diaryl/α,β-unsaturated/α-hetero) is 1. The van der Waals surface area contributed by atoms with Crippen LogP contribution in [0.3, 0.4) is 0 Å². The Morgan fingerprint density at radius 1 is 1.12 bits per heavy atom. The highest BCUT2D eigenvalue weighted by Crippen LogP contribution is 2.37. The lowest BCUT2D eigenvalue weighted by Crippen LogP contribution is -1.83. The minimum atomic E-state index is 0.140. The summed E-state index contributed by atoms with van der Waals surface area (Å²) < 4.78 is 1.29. The van der Waals surface area contributed by atoms with E-state index in [0.29, 0.717) is 0 Å². The van der Waals surface area contributed by atoms with Crippen LogP contribution in [-0.4, -0.2) is 5.78 Å². The lowest BCUT2D eigenvalue weighted by Gasteiger charge is -1.94. The lowest BCUT2D eigenvalue weighted by molar-refractivity contribution is 0.102. The molecule has 84 valence electrons. The monoisotopic (exact) mass is 258 g/mol. The van der Waals surface area contributed by atoms with Crippen LogP contribution < -0.4 is 0 Å². The van der Waals surface area contributed by atoms with Gasteiger partial charge >= 0.3 is 0 Å². The molecule has 0 unspecified atom stereocenters. The number of hydrogen-bond donors (Lipinski definition) is 0. The predicted molar refractivity (Wildman–Crippen MR) is 75.1 cm³/mol. The van der Waals surface area contributed by atoms with Crippen LogP contribution in [0.2, 0.25) is 0 Å². The molecule has 0 fully saturated rings. The third-order valence-corrected chi connectivity index (χ3v) is 4.88. The molecule has 0 aliphatic heterocycles. The summed E-state index contributed by atoms with van der Waals surface area (Å²) in [6, 6.07) is 12.3. The maximum Gasteiger partial charge on any atom is 0.169 e. The zero-order valence-corrected chi connectivity index (χ0v) is 10.9. The molecule has 0 bridgehead atoms. The second-order valence-electron chi connectivity index (χ2n) is 3.87. The van der Waals surface area contributed by atoms with Gasteiger partial charge in [-0.05, 0) is 25.1 Å². The normalized spacial score (nSPS) is 10.9. The second kappa shape index (κ2) is 4.09. The molecular formula is C14H10OS2. The van der Waals surface area contributed by atoms with E-state index >= 15 is 0 Å². The number of ketones is 1. The summed E-state index contributed by atoms with van der Waals surface area (Å²) in [6.45, 7) is 1.61. The molecule has 0 radical (unpaired) electrons. The van der Waals surface area contributed by atoms with Gasteiger partial charge in [0.15, 0.2) is 5.78 Å². The van der Waals surface area contributed by atoms with Gasteiger partial charge in [-0.25, -0.2) is 0 Å². The molecule has 0 amide bonds. The molecule has 1 aromatic carbocycles. The Hall–Kier alpha value is -1.45. The van der Waals surface area contributed by atoms with Crippen LogP contribution in [0.1, 0.15) is 16.6 Å². The summed E-state index contributed by atoms with van der Waals surface area (Å²) in [4.78, 5) is 13.3. The topological polar surface area (TPSA) is 17.1 Å². The largest absolute Gasteiger partial charge is 0.294 e. The summed E-state index contributed by atoms with van der Waals surface area (Å²) >= 11 is 3.32. The summed E-state index contributed by atoms with van der Waals surface area (Å²) in [5.74, 6) is 0.140. The third-order valence-electron chi connectivity index (χ3n) is 2.70. The van der Waals surface area contributed by atoms with Gasteiger partial charge in [-0.3, -0.25) is 4.79 Å². The predicted octanol–water partition coefficient (Wildman–Crippen LogP) is 4.83. The van der Waals surface area contributed by atoms with Gasteiger partial charge in [-0.1, -0.05) is 18.2 Å². The fourth-order valence-electron chi connectivity index (χ4n) is 1.84. The highest BCUT2D eigenvalue weighted by atomic mass is 32.1. The zero-order valence-electron chi connectivity index (χ0n) is 9.27. The number of carbonyl (C=O) groups excluding carboxylic acids is 1. The van der Waals surface area contributed by atoms with Gasteiger partial charge in [0.25, 0.3) is 0 Å². The summed E-state index contributed by atoms with van der Waals surface area (Å²) in [7, 11) is 0. The molecule has 0 aliphatic carbocycles. The van der Waals surface area contributed by atoms with Crippen molar-refractivity contribution >= 4 is 38.5 Å². The van der Waals surface area contributed by atoms with Crippen LogP contribution in [0, 0.1) is 0 Å². The Bertz CT molecular complexity index is 691. The smallest absolute Gasteiger partial charge is 0.169 e. The summed E-state index contributed by atoms with van der Waals surface area (Å²) in [5, 5.41) is 3.44. The first kappa shape index (κ1) is 10.7. The Morgan fingerprint density at radius 3 is 2.71 bits per heavy atom. The molecular weight excluding hydrogens is 248 g/mol. The van der Waals surface area contributed by atoms with Crippen molar-refractivity contribution in [2.75, 3.05) is 0 Å². The van der Waals surface area contributed by atoms with Crippen molar-refractivity contribution in [2.24, 2.45) is 0 Å². The molecule has 3 heteroatoms. The third kappa shape index (κ3) is 1.81. The Morgan fingerprint density at radius 2 is 1.94 bits per heavy atom. The Balaban J connectivity index is 2.17. The number of fused-ring (bicyclic) bond motifs is 1. The van der Waals surface area contributed by atoms with Crippen LogP contribution >= 0.6 is 22.7 Å². The lowest BCUT2D eigenvalue weighted by atomic mass is 10.1. The standard InChI is InChI=1S/C14H10OS2/c1-9(15)12-6-7-14(17-12)11-8-16-13-5-3-2-4-10(11)13/h2-8H,1H3. The fourth-order valence-corrected chi connectivity index (χ4v) is 3.81. The number of carbonyl (C=O) groups is 1. The van der Waals surface area contributed by atoms with Crippen molar-refractivity contribution in [3.05, 3.63) is 46.7 Å². The molecule has 1 nitrogen and oxygen atoms in total. The van der Waals surface area contributed by atoms with E-state index in [2.05, 4.69) is 29.6 Å². The van der Waals surface area contributed by atoms with E-state index < -0.39 is 0 Å². The highest BCUT2D eigenvalue weighted by Gasteiger charge is 2.10. The van der Waals surface area contributed by atoms with E-state index in [-0.39, 0.29) is 5.78 Å². The average molecular weight is 258 g/mol. The number of rotatable bonds is 2. The highest BCUT2D eigenvalue weighted by molar-refractivity contribution is 7.20. The van der Waals surface area contributed by atoms with E-state index in [1.54, 1.807) is 29.6 Å². The Kier molecular flexibility index (Phi) is 2.57. The molecule has 17 heavy (non-hydrogen) atoms. The average Bonchev–Trinajstić information content (AvgIpc) is 2.95. The molecule has 0 spiro atoms. The first-order valence-corrected chi connectivity index (χ1v) is 7.03. The van der Waals surface area contributed by atoms with Crippen molar-refractivity contribution in [3.8, 4) is 10.4 Å². The van der Waals surface area contributed by atoms with Gasteiger partial charge in [0, 0.05) is 25.9 Å². The molecule has 0 saturated heterocycles. The summed E-state index contributed by atoms with van der Waals surface area (Å²) in [5.41, 5.74) is 1.24. The van der Waals surface area contributed by atoms with Crippen LogP contribution in [-0.2, 0) is 0 Å². The van der Waals surface area contributed by atoms with E-state index in [0.717, 1.165) is 4.88 Å². The summed E-state index contributed by atoms with van der Waals surface area (Å²) in [6.07, 6.45) is 0. The van der Waals surface area contributed by atoms with Crippen LogP contribution in [0.15, 0.2) is 41.8 Å². The van der Waals surface area contributed by atoms with E-state index in [1.165, 1.54) is 20.5 Å². The molecule has 2 heterocycles. The second-order valence-corrected chi connectivity index (χ2v) is 5.86. The zero-order chi connectivity index (χ0) is 11.8. The van der Waals surface area contributed by atoms with Gasteiger partial charge in [0.2, 0.25) is 0 Å². The SMILES string of the molecule is CC(=O)c1ccc(-c2csc3ccccc23)s1. The maximum atomic E-state index is 11.3. The van der Waals surface area contributed by atoms with E-state index in [1.807, 2.05) is 12.1 Å². The quantitative estimate of drug-likeness (QED) is 0.601. The molecule has 3 aromatic rings. The van der Waals surface area contributed by atoms with Gasteiger partial charge in [-0.2, -0.15) is 0 Å². The minimum Gasteiger partial charge on any atom is -0.294 e. The molecule has 2 aromatic heterocycles. The van der Waals surface area contributed by atoms with Gasteiger partial charge in [-0.15, -0.1) is 22.7 Å². The molecule has 0 atom stereocenters. The van der Waals surface area contributed by atoms with Gasteiger partial charge in [0.05, 0.1) is 4.88 Å². The fraction of sp³-hybridized carbons (Fsp3) is 0.0714. The Labute approximate surface area is 107 Å². The molecule has 0 saturated carbocycles. The van der Waals surface area contributed by atoms with Crippen molar-refractivity contribution in [3.63, 3.8) is 0 Å². The van der Waals surface area contributed by atoms with Gasteiger partial charge in [0.1, 0.15) is 0 Å². The minimum absolute atomic E-state index is 0.140. The first-order valence-electron chi connectivity index (χ1n) is 5.33. The van der Waals surface area contributed by atoms with Crippen LogP contribution in [0.4, 0.5) is 0 Å².